The molecule has 13 heavy (non-hydrogen) atoms. The van der Waals surface area contributed by atoms with Crippen molar-refractivity contribution >= 4 is 5.91 Å². The average molecular weight is 198 g/mol. The van der Waals surface area contributed by atoms with Gasteiger partial charge in [0.1, 0.15) is 6.54 Å². The molecule has 0 saturated carbocycles. The van der Waals surface area contributed by atoms with Gasteiger partial charge in [0.2, 0.25) is 5.91 Å². The third-order valence-corrected chi connectivity index (χ3v) is 1.45. The predicted molar refractivity (Wildman–Crippen MR) is 42.0 cm³/mol. The second-order valence-electron chi connectivity index (χ2n) is 2.76. The summed E-state index contributed by atoms with van der Waals surface area (Å²) in [6, 6.07) is -0.887. The van der Waals surface area contributed by atoms with Gasteiger partial charge in [-0.1, -0.05) is 0 Å². The van der Waals surface area contributed by atoms with Crippen molar-refractivity contribution in [2.24, 2.45) is 5.73 Å². The number of halogens is 3. The Morgan fingerprint density at radius 2 is 2.00 bits per heavy atom. The molecule has 3 nitrogen and oxygen atoms in total. The van der Waals surface area contributed by atoms with Crippen LogP contribution in [0.5, 0.6) is 0 Å². The summed E-state index contributed by atoms with van der Waals surface area (Å²) in [7, 11) is 0. The second kappa shape index (κ2) is 4.45. The first kappa shape index (κ1) is 12.2. The number of likely N-dealkylation sites (N-methyl/N-ethyl adjacent to an activating group) is 1. The quantitative estimate of drug-likeness (QED) is 0.727. The second-order valence-corrected chi connectivity index (χ2v) is 2.76. The lowest BCUT2D eigenvalue weighted by atomic mass is 10.3. The van der Waals surface area contributed by atoms with E-state index in [9.17, 15) is 18.0 Å². The molecule has 0 bridgehead atoms. The van der Waals surface area contributed by atoms with Crippen molar-refractivity contribution in [3.8, 4) is 0 Å². The van der Waals surface area contributed by atoms with Crippen LogP contribution in [0.1, 0.15) is 13.8 Å². The molecule has 1 amide bonds. The van der Waals surface area contributed by atoms with E-state index in [0.29, 0.717) is 4.90 Å². The van der Waals surface area contributed by atoms with Crippen molar-refractivity contribution in [1.29, 1.82) is 0 Å². The molecule has 0 aliphatic rings. The maximum atomic E-state index is 11.9. The highest BCUT2D eigenvalue weighted by Gasteiger charge is 2.32. The van der Waals surface area contributed by atoms with E-state index in [0.717, 1.165) is 0 Å². The number of carbonyl (C=O) groups excluding carboxylic acids is 1. The molecule has 0 aromatic heterocycles. The van der Waals surface area contributed by atoms with Crippen LogP contribution in [0.2, 0.25) is 0 Å². The van der Waals surface area contributed by atoms with E-state index in [-0.39, 0.29) is 6.54 Å². The van der Waals surface area contributed by atoms with Crippen molar-refractivity contribution in [1.82, 2.24) is 4.90 Å². The molecule has 0 fully saturated rings. The van der Waals surface area contributed by atoms with Crippen LogP contribution >= 0.6 is 0 Å². The summed E-state index contributed by atoms with van der Waals surface area (Å²) in [6.45, 7) is 1.62. The van der Waals surface area contributed by atoms with Crippen LogP contribution in [-0.4, -0.2) is 36.1 Å². The molecule has 0 aliphatic carbocycles. The molecular weight excluding hydrogens is 185 g/mol. The van der Waals surface area contributed by atoms with Gasteiger partial charge in [0.25, 0.3) is 0 Å². The molecule has 0 unspecified atom stereocenters. The number of hydrogen-bond acceptors (Lipinski definition) is 2. The van der Waals surface area contributed by atoms with Gasteiger partial charge >= 0.3 is 6.18 Å². The van der Waals surface area contributed by atoms with E-state index >= 15 is 0 Å². The largest absolute Gasteiger partial charge is 0.406 e. The van der Waals surface area contributed by atoms with E-state index in [2.05, 4.69) is 0 Å². The zero-order valence-electron chi connectivity index (χ0n) is 7.56. The van der Waals surface area contributed by atoms with Gasteiger partial charge in [0, 0.05) is 6.54 Å². The van der Waals surface area contributed by atoms with Crippen LogP contribution in [0.3, 0.4) is 0 Å². The molecule has 2 N–H and O–H groups in total. The summed E-state index contributed by atoms with van der Waals surface area (Å²) < 4.78 is 35.6. The highest BCUT2D eigenvalue weighted by Crippen LogP contribution is 2.16. The number of amides is 1. The molecule has 0 rings (SSSR count). The average Bonchev–Trinajstić information content (AvgIpc) is 1.97. The third-order valence-electron chi connectivity index (χ3n) is 1.45. The van der Waals surface area contributed by atoms with Crippen LogP contribution in [0.25, 0.3) is 0 Å². The first-order chi connectivity index (χ1) is 5.78. The Bertz CT molecular complexity index is 179. The Kier molecular flexibility index (Phi) is 4.19. The summed E-state index contributed by atoms with van der Waals surface area (Å²) in [5.74, 6) is -0.681. The number of nitrogens with two attached hydrogens (primary N) is 1. The normalized spacial score (nSPS) is 14.0. The Morgan fingerprint density at radius 1 is 1.54 bits per heavy atom. The predicted octanol–water partition coefficient (Wildman–Crippen LogP) is 0.744. The van der Waals surface area contributed by atoms with Crippen LogP contribution in [0.4, 0.5) is 13.2 Å². The molecule has 0 spiro atoms. The molecule has 6 heteroatoms. The summed E-state index contributed by atoms with van der Waals surface area (Å²) in [5, 5.41) is 0. The van der Waals surface area contributed by atoms with Gasteiger partial charge in [-0.15, -0.1) is 0 Å². The van der Waals surface area contributed by atoms with Gasteiger partial charge in [-0.2, -0.15) is 13.2 Å². The highest BCUT2D eigenvalue weighted by atomic mass is 19.4. The van der Waals surface area contributed by atoms with Crippen molar-refractivity contribution < 1.29 is 18.0 Å². The van der Waals surface area contributed by atoms with Crippen LogP contribution in [-0.2, 0) is 4.79 Å². The van der Waals surface area contributed by atoms with E-state index in [1.807, 2.05) is 0 Å². The van der Waals surface area contributed by atoms with Gasteiger partial charge in [0.05, 0.1) is 6.04 Å². The number of rotatable bonds is 3. The molecule has 78 valence electrons. The topological polar surface area (TPSA) is 46.3 Å². The zero-order valence-corrected chi connectivity index (χ0v) is 7.56. The number of nitrogens with zero attached hydrogens (tertiary/aromatic N) is 1. The summed E-state index contributed by atoms with van der Waals surface area (Å²) in [6.07, 6.45) is -4.36. The first-order valence-corrected chi connectivity index (χ1v) is 3.89. The maximum Gasteiger partial charge on any atom is 0.406 e. The minimum atomic E-state index is -4.36. The monoisotopic (exact) mass is 198 g/mol. The van der Waals surface area contributed by atoms with E-state index in [4.69, 9.17) is 5.73 Å². The third kappa shape index (κ3) is 4.72. The molecule has 0 saturated heterocycles. The van der Waals surface area contributed by atoms with Gasteiger partial charge in [-0.05, 0) is 13.8 Å². The minimum Gasteiger partial charge on any atom is -0.333 e. The van der Waals surface area contributed by atoms with Crippen molar-refractivity contribution in [2.45, 2.75) is 26.1 Å². The fourth-order valence-electron chi connectivity index (χ4n) is 0.850. The van der Waals surface area contributed by atoms with Gasteiger partial charge < -0.3 is 10.6 Å². The number of alkyl halides is 3. The standard InChI is InChI=1S/C7H13F3N2O/c1-3-12(4-7(8,9)10)6(13)5(2)11/h5H,3-4,11H2,1-2H3/t5-/m1/s1. The zero-order chi connectivity index (χ0) is 10.6. The molecule has 0 aromatic rings. The Hall–Kier alpha value is -0.780. The first-order valence-electron chi connectivity index (χ1n) is 3.89. The summed E-state index contributed by atoms with van der Waals surface area (Å²) in [5.41, 5.74) is 5.17. The Labute approximate surface area is 74.7 Å². The smallest absolute Gasteiger partial charge is 0.333 e. The Morgan fingerprint density at radius 3 is 2.23 bits per heavy atom. The molecular formula is C7H13F3N2O. The maximum absolute atomic E-state index is 11.9. The molecule has 0 aromatic carbocycles. The summed E-state index contributed by atoms with van der Waals surface area (Å²) in [4.78, 5) is 11.7. The van der Waals surface area contributed by atoms with Crippen LogP contribution < -0.4 is 5.73 Å². The summed E-state index contributed by atoms with van der Waals surface area (Å²) >= 11 is 0. The van der Waals surface area contributed by atoms with Gasteiger partial charge in [-0.25, -0.2) is 0 Å². The fraction of sp³-hybridized carbons (Fsp3) is 0.857. The minimum absolute atomic E-state index is 0.0138. The highest BCUT2D eigenvalue weighted by molar-refractivity contribution is 5.81. The van der Waals surface area contributed by atoms with Crippen molar-refractivity contribution in [3.05, 3.63) is 0 Å². The fourth-order valence-corrected chi connectivity index (χ4v) is 0.850. The number of hydrogen-bond donors (Lipinski definition) is 1. The van der Waals surface area contributed by atoms with E-state index in [1.54, 1.807) is 0 Å². The lowest BCUT2D eigenvalue weighted by molar-refractivity contribution is -0.161. The lowest BCUT2D eigenvalue weighted by Gasteiger charge is -2.23. The Balaban J connectivity index is 4.27. The van der Waals surface area contributed by atoms with E-state index in [1.165, 1.54) is 13.8 Å². The molecule has 0 radical (unpaired) electrons. The number of carbonyl (C=O) groups is 1. The van der Waals surface area contributed by atoms with E-state index < -0.39 is 24.7 Å². The molecule has 0 heterocycles. The molecule has 0 aliphatic heterocycles. The SMILES string of the molecule is CCN(CC(F)(F)F)C(=O)[C@@H](C)N. The van der Waals surface area contributed by atoms with Crippen molar-refractivity contribution in [2.75, 3.05) is 13.1 Å². The van der Waals surface area contributed by atoms with Crippen molar-refractivity contribution in [3.63, 3.8) is 0 Å². The van der Waals surface area contributed by atoms with Crippen LogP contribution in [0.15, 0.2) is 0 Å². The van der Waals surface area contributed by atoms with Gasteiger partial charge in [-0.3, -0.25) is 4.79 Å². The molecule has 1 atom stereocenters. The lowest BCUT2D eigenvalue weighted by Crippen LogP contribution is -2.46. The van der Waals surface area contributed by atoms with Gasteiger partial charge in [0.15, 0.2) is 0 Å². The van der Waals surface area contributed by atoms with Crippen LogP contribution in [0, 0.1) is 0 Å².